The predicted molar refractivity (Wildman–Crippen MR) is 83.5 cm³/mol. The average molecular weight is 262 g/mol. The molecular weight excluding hydrogens is 230 g/mol. The van der Waals surface area contributed by atoms with Crippen molar-refractivity contribution in [1.29, 1.82) is 0 Å². The second-order valence-corrected chi connectivity index (χ2v) is 5.95. The number of hydrogen-bond donors (Lipinski definition) is 0. The quantitative estimate of drug-likeness (QED) is 0.434. The van der Waals surface area contributed by atoms with Crippen LogP contribution in [0.3, 0.4) is 0 Å². The Morgan fingerprint density at radius 1 is 0.895 bits per heavy atom. The van der Waals surface area contributed by atoms with Crippen LogP contribution in [-0.4, -0.2) is 0 Å². The lowest BCUT2D eigenvalue weighted by molar-refractivity contribution is -0.716. The van der Waals surface area contributed by atoms with Gasteiger partial charge in [0.05, 0.1) is 0 Å². The van der Waals surface area contributed by atoms with E-state index < -0.39 is 0 Å². The fourth-order valence-electron chi connectivity index (χ4n) is 2.51. The molecule has 1 heteroatoms. The molecule has 1 nitrogen and oxygen atoms in total. The van der Waals surface area contributed by atoms with Crippen molar-refractivity contribution in [2.75, 3.05) is 0 Å². The number of pyridine rings is 1. The molecule has 0 saturated carbocycles. The van der Waals surface area contributed by atoms with Crippen molar-refractivity contribution >= 4 is 0 Å². The predicted octanol–water partition coefficient (Wildman–Crippen LogP) is 5.02. The fourth-order valence-corrected chi connectivity index (χ4v) is 2.51. The summed E-state index contributed by atoms with van der Waals surface area (Å²) in [6, 6.07) is 2.92. The van der Waals surface area contributed by atoms with Gasteiger partial charge in [0.1, 0.15) is 0 Å². The van der Waals surface area contributed by atoms with Crippen molar-refractivity contribution in [3.8, 4) is 0 Å². The van der Waals surface area contributed by atoms with E-state index in [4.69, 9.17) is 0 Å². The Hall–Kier alpha value is -0.850. The van der Waals surface area contributed by atoms with Crippen LogP contribution < -0.4 is 4.57 Å². The first kappa shape index (κ1) is 16.2. The molecule has 0 saturated heterocycles. The maximum absolute atomic E-state index is 2.39. The van der Waals surface area contributed by atoms with Gasteiger partial charge < -0.3 is 0 Å². The van der Waals surface area contributed by atoms with E-state index in [0.717, 1.165) is 0 Å². The molecule has 1 aromatic rings. The second kappa shape index (κ2) is 9.12. The first-order valence-electron chi connectivity index (χ1n) is 8.21. The average Bonchev–Trinajstić information content (AvgIpc) is 2.40. The zero-order valence-corrected chi connectivity index (χ0v) is 13.4. The van der Waals surface area contributed by atoms with Gasteiger partial charge >= 0.3 is 0 Å². The van der Waals surface area contributed by atoms with E-state index >= 15 is 0 Å². The minimum Gasteiger partial charge on any atom is -0.203 e. The third-order valence-corrected chi connectivity index (χ3v) is 3.86. The number of rotatable bonds is 9. The van der Waals surface area contributed by atoms with Gasteiger partial charge in [-0.25, -0.2) is 4.57 Å². The zero-order chi connectivity index (χ0) is 14.1. The van der Waals surface area contributed by atoms with Crippen LogP contribution in [0.1, 0.15) is 83.4 Å². The van der Waals surface area contributed by atoms with E-state index in [1.165, 1.54) is 51.4 Å². The van der Waals surface area contributed by atoms with Gasteiger partial charge in [-0.3, -0.25) is 0 Å². The summed E-state index contributed by atoms with van der Waals surface area (Å²) in [7, 11) is 0. The second-order valence-electron chi connectivity index (χ2n) is 5.95. The molecule has 1 aromatic heterocycles. The minimum absolute atomic E-state index is 0.564. The summed E-state index contributed by atoms with van der Waals surface area (Å²) < 4.78 is 2.35. The van der Waals surface area contributed by atoms with E-state index in [0.29, 0.717) is 6.04 Å². The Bertz CT molecular complexity index is 355. The van der Waals surface area contributed by atoms with Gasteiger partial charge in [-0.1, -0.05) is 39.5 Å². The zero-order valence-electron chi connectivity index (χ0n) is 13.4. The van der Waals surface area contributed by atoms with Gasteiger partial charge in [-0.05, 0) is 45.1 Å². The molecule has 0 aliphatic heterocycles. The van der Waals surface area contributed by atoms with Crippen LogP contribution in [0.25, 0.3) is 0 Å². The molecule has 0 aliphatic rings. The molecule has 0 amide bonds. The van der Waals surface area contributed by atoms with Crippen LogP contribution in [0.4, 0.5) is 0 Å². The van der Waals surface area contributed by atoms with Crippen molar-refractivity contribution in [3.63, 3.8) is 0 Å². The Kier molecular flexibility index (Phi) is 7.78. The molecule has 0 unspecified atom stereocenters. The van der Waals surface area contributed by atoms with Crippen LogP contribution in [-0.2, 0) is 12.8 Å². The molecule has 0 atom stereocenters. The van der Waals surface area contributed by atoms with E-state index in [1.807, 2.05) is 0 Å². The number of unbranched alkanes of at least 4 members (excludes halogenated alkanes) is 4. The molecule has 0 radical (unpaired) electrons. The summed E-state index contributed by atoms with van der Waals surface area (Å²) in [5.74, 6) is 0. The maximum atomic E-state index is 2.39. The van der Waals surface area contributed by atoms with Crippen molar-refractivity contribution in [3.05, 3.63) is 29.6 Å². The van der Waals surface area contributed by atoms with Crippen LogP contribution in [0.5, 0.6) is 0 Å². The molecule has 1 heterocycles. The molecule has 0 fully saturated rings. The molecular formula is C18H32N+. The van der Waals surface area contributed by atoms with Crippen LogP contribution in [0.15, 0.2) is 18.5 Å². The Balaban J connectivity index is 2.75. The third-order valence-electron chi connectivity index (χ3n) is 3.86. The largest absolute Gasteiger partial charge is 0.203 e. The molecule has 0 aromatic carbocycles. The van der Waals surface area contributed by atoms with Crippen molar-refractivity contribution in [1.82, 2.24) is 0 Å². The van der Waals surface area contributed by atoms with Crippen molar-refractivity contribution in [2.24, 2.45) is 0 Å². The molecule has 1 rings (SSSR count). The number of hydrogen-bond acceptors (Lipinski definition) is 0. The molecule has 0 aliphatic carbocycles. The third kappa shape index (κ3) is 5.76. The highest BCUT2D eigenvalue weighted by Gasteiger charge is 2.11. The van der Waals surface area contributed by atoms with Crippen molar-refractivity contribution < 1.29 is 4.57 Å². The van der Waals surface area contributed by atoms with E-state index in [-0.39, 0.29) is 0 Å². The minimum atomic E-state index is 0.564. The van der Waals surface area contributed by atoms with E-state index in [9.17, 15) is 0 Å². The summed E-state index contributed by atoms with van der Waals surface area (Å²) in [5.41, 5.74) is 3.17. The first-order chi connectivity index (χ1) is 9.19. The van der Waals surface area contributed by atoms with Gasteiger partial charge in [0.2, 0.25) is 0 Å². The van der Waals surface area contributed by atoms with Crippen LogP contribution in [0, 0.1) is 0 Å². The molecule has 108 valence electrons. The topological polar surface area (TPSA) is 3.88 Å². The lowest BCUT2D eigenvalue weighted by Crippen LogP contribution is -2.36. The summed E-state index contributed by atoms with van der Waals surface area (Å²) in [6.45, 7) is 9.07. The number of aromatic nitrogens is 1. The smallest absolute Gasteiger partial charge is 0.172 e. The SMILES string of the molecule is CCCCCc1cc[n+](C(C)C)cc1CCCCC. The van der Waals surface area contributed by atoms with E-state index in [2.05, 4.69) is 50.7 Å². The molecule has 19 heavy (non-hydrogen) atoms. The van der Waals surface area contributed by atoms with Crippen LogP contribution in [0.2, 0.25) is 0 Å². The van der Waals surface area contributed by atoms with Gasteiger partial charge in [0.15, 0.2) is 18.4 Å². The van der Waals surface area contributed by atoms with Gasteiger partial charge in [0.25, 0.3) is 0 Å². The summed E-state index contributed by atoms with van der Waals surface area (Å²) in [5, 5.41) is 0. The summed E-state index contributed by atoms with van der Waals surface area (Å²) in [4.78, 5) is 0. The first-order valence-corrected chi connectivity index (χ1v) is 8.21. The Morgan fingerprint density at radius 3 is 2.00 bits per heavy atom. The van der Waals surface area contributed by atoms with Gasteiger partial charge in [-0.15, -0.1) is 0 Å². The van der Waals surface area contributed by atoms with Gasteiger partial charge in [-0.2, -0.15) is 0 Å². The monoisotopic (exact) mass is 262 g/mol. The molecule has 0 bridgehead atoms. The normalized spacial score (nSPS) is 11.2. The highest BCUT2D eigenvalue weighted by Crippen LogP contribution is 2.15. The fraction of sp³-hybridized carbons (Fsp3) is 0.722. The lowest BCUT2D eigenvalue weighted by Gasteiger charge is -2.10. The van der Waals surface area contributed by atoms with Crippen molar-refractivity contribution in [2.45, 2.75) is 85.1 Å². The van der Waals surface area contributed by atoms with E-state index in [1.54, 1.807) is 11.1 Å². The maximum Gasteiger partial charge on any atom is 0.172 e. The molecule has 0 N–H and O–H groups in total. The molecule has 0 spiro atoms. The Morgan fingerprint density at radius 2 is 1.47 bits per heavy atom. The van der Waals surface area contributed by atoms with Crippen LogP contribution >= 0.6 is 0 Å². The number of aryl methyl sites for hydroxylation is 2. The highest BCUT2D eigenvalue weighted by atomic mass is 15.0. The van der Waals surface area contributed by atoms with Gasteiger partial charge in [0, 0.05) is 11.6 Å². The summed E-state index contributed by atoms with van der Waals surface area (Å²) in [6.07, 6.45) is 15.2. The Labute approximate surface area is 120 Å². The number of nitrogens with zero attached hydrogens (tertiary/aromatic N) is 1. The highest BCUT2D eigenvalue weighted by molar-refractivity contribution is 5.21. The standard InChI is InChI=1S/C18H32N/c1-5-7-9-11-17-13-14-19(16(3)4)15-18(17)12-10-8-6-2/h13-16H,5-12H2,1-4H3/q+1. The lowest BCUT2D eigenvalue weighted by atomic mass is 9.99. The summed E-state index contributed by atoms with van der Waals surface area (Å²) >= 11 is 0.